The fourth-order valence-corrected chi connectivity index (χ4v) is 4.17. The van der Waals surface area contributed by atoms with E-state index in [9.17, 15) is 8.42 Å². The van der Waals surface area contributed by atoms with Gasteiger partial charge in [0.2, 0.25) is 10.0 Å². The Morgan fingerprint density at radius 1 is 1.40 bits per heavy atom. The third-order valence-electron chi connectivity index (χ3n) is 4.07. The zero-order valence-electron chi connectivity index (χ0n) is 12.3. The van der Waals surface area contributed by atoms with Crippen molar-refractivity contribution < 1.29 is 8.42 Å². The minimum Gasteiger partial charge on any atom is -0.384 e. The van der Waals surface area contributed by atoms with Crippen LogP contribution in [0.4, 0.5) is 5.69 Å². The van der Waals surface area contributed by atoms with Gasteiger partial charge >= 0.3 is 0 Å². The van der Waals surface area contributed by atoms with Gasteiger partial charge in [0, 0.05) is 32.0 Å². The second-order valence-electron chi connectivity index (χ2n) is 5.51. The maximum atomic E-state index is 12.8. The van der Waals surface area contributed by atoms with E-state index in [1.807, 2.05) is 6.92 Å². The summed E-state index contributed by atoms with van der Waals surface area (Å²) in [7, 11) is -3.46. The maximum absolute atomic E-state index is 12.8. The molecular formula is C14H23N3O2S. The molecule has 2 unspecified atom stereocenters. The third kappa shape index (κ3) is 2.96. The van der Waals surface area contributed by atoms with Gasteiger partial charge in [-0.25, -0.2) is 8.42 Å². The summed E-state index contributed by atoms with van der Waals surface area (Å²) in [5, 5.41) is 3.10. The molecule has 1 N–H and O–H groups in total. The van der Waals surface area contributed by atoms with Crippen molar-refractivity contribution in [3.8, 4) is 0 Å². The highest BCUT2D eigenvalue weighted by molar-refractivity contribution is 7.89. The van der Waals surface area contributed by atoms with Crippen LogP contribution in [0.2, 0.25) is 0 Å². The number of hydrogen-bond acceptors (Lipinski definition) is 4. The van der Waals surface area contributed by atoms with Gasteiger partial charge in [0.1, 0.15) is 4.90 Å². The van der Waals surface area contributed by atoms with Gasteiger partial charge in [0.15, 0.2) is 0 Å². The first-order valence-corrected chi connectivity index (χ1v) is 8.58. The van der Waals surface area contributed by atoms with Crippen LogP contribution in [0.5, 0.6) is 0 Å². The van der Waals surface area contributed by atoms with Gasteiger partial charge in [0.25, 0.3) is 0 Å². The fourth-order valence-electron chi connectivity index (χ4n) is 2.50. The zero-order chi connectivity index (χ0) is 14.8. The Hall–Kier alpha value is -1.14. The maximum Gasteiger partial charge on any atom is 0.246 e. The molecule has 2 atom stereocenters. The Labute approximate surface area is 121 Å². The van der Waals surface area contributed by atoms with E-state index in [0.717, 1.165) is 6.42 Å². The molecule has 1 aromatic heterocycles. The van der Waals surface area contributed by atoms with E-state index in [1.165, 1.54) is 6.20 Å². The molecule has 1 aromatic rings. The van der Waals surface area contributed by atoms with Gasteiger partial charge in [-0.3, -0.25) is 4.98 Å². The lowest BCUT2D eigenvalue weighted by Crippen LogP contribution is -2.42. The van der Waals surface area contributed by atoms with Crippen LogP contribution in [0.1, 0.15) is 27.2 Å². The molecule has 6 heteroatoms. The average molecular weight is 297 g/mol. The Morgan fingerprint density at radius 3 is 2.80 bits per heavy atom. The first kappa shape index (κ1) is 15.3. The van der Waals surface area contributed by atoms with E-state index >= 15 is 0 Å². The highest BCUT2D eigenvalue weighted by Gasteiger charge is 2.33. The summed E-state index contributed by atoms with van der Waals surface area (Å²) in [6, 6.07) is 1.71. The van der Waals surface area contributed by atoms with Crippen LogP contribution >= 0.6 is 0 Å². The largest absolute Gasteiger partial charge is 0.384 e. The topological polar surface area (TPSA) is 62.3 Å². The van der Waals surface area contributed by atoms with E-state index in [2.05, 4.69) is 24.1 Å². The van der Waals surface area contributed by atoms with Crippen LogP contribution in [0.15, 0.2) is 23.4 Å². The standard InChI is InChI=1S/C14H23N3O2S/c1-4-16-13-5-7-15-9-14(13)20(18,19)17-8-6-11(2)12(3)10-17/h5,7,9,11-12H,4,6,8,10H2,1-3H3,(H,15,16). The van der Waals surface area contributed by atoms with Crippen molar-refractivity contribution >= 4 is 15.7 Å². The van der Waals surface area contributed by atoms with E-state index in [0.29, 0.717) is 37.2 Å². The molecule has 1 aliphatic rings. The van der Waals surface area contributed by atoms with Crippen molar-refractivity contribution in [2.24, 2.45) is 11.8 Å². The first-order chi connectivity index (χ1) is 9.46. The SMILES string of the molecule is CCNc1ccncc1S(=O)(=O)N1CCC(C)C(C)C1. The molecular weight excluding hydrogens is 274 g/mol. The van der Waals surface area contributed by atoms with Crippen LogP contribution in [0, 0.1) is 11.8 Å². The minimum absolute atomic E-state index is 0.281. The number of piperidine rings is 1. The first-order valence-electron chi connectivity index (χ1n) is 7.14. The van der Waals surface area contributed by atoms with E-state index in [4.69, 9.17) is 0 Å². The number of nitrogens with one attached hydrogen (secondary N) is 1. The number of rotatable bonds is 4. The highest BCUT2D eigenvalue weighted by atomic mass is 32.2. The molecule has 2 heterocycles. The molecule has 1 saturated heterocycles. The molecule has 0 radical (unpaired) electrons. The number of hydrogen-bond donors (Lipinski definition) is 1. The molecule has 0 spiro atoms. The Morgan fingerprint density at radius 2 is 2.15 bits per heavy atom. The molecule has 0 amide bonds. The van der Waals surface area contributed by atoms with Crippen molar-refractivity contribution in [2.45, 2.75) is 32.1 Å². The number of sulfonamides is 1. The molecule has 1 fully saturated rings. The van der Waals surface area contributed by atoms with E-state index in [-0.39, 0.29) is 4.90 Å². The lowest BCUT2D eigenvalue weighted by molar-refractivity contribution is 0.212. The van der Waals surface area contributed by atoms with Crippen LogP contribution in [-0.2, 0) is 10.0 Å². The van der Waals surface area contributed by atoms with Crippen molar-refractivity contribution in [3.05, 3.63) is 18.5 Å². The second-order valence-corrected chi connectivity index (χ2v) is 7.41. The van der Waals surface area contributed by atoms with Crippen molar-refractivity contribution in [1.29, 1.82) is 0 Å². The quantitative estimate of drug-likeness (QED) is 0.925. The third-order valence-corrected chi connectivity index (χ3v) is 5.96. The molecule has 0 bridgehead atoms. The Bertz CT molecular complexity index is 559. The van der Waals surface area contributed by atoms with E-state index < -0.39 is 10.0 Å². The van der Waals surface area contributed by atoms with Gasteiger partial charge in [-0.2, -0.15) is 4.31 Å². The summed E-state index contributed by atoms with van der Waals surface area (Å²) >= 11 is 0. The van der Waals surface area contributed by atoms with E-state index in [1.54, 1.807) is 16.6 Å². The number of nitrogens with zero attached hydrogens (tertiary/aromatic N) is 2. The monoisotopic (exact) mass is 297 g/mol. The molecule has 0 aliphatic carbocycles. The molecule has 5 nitrogen and oxygen atoms in total. The molecule has 112 valence electrons. The normalized spacial score (nSPS) is 24.6. The summed E-state index contributed by atoms with van der Waals surface area (Å²) in [4.78, 5) is 4.26. The van der Waals surface area contributed by atoms with Crippen LogP contribution in [0.3, 0.4) is 0 Å². The van der Waals surface area contributed by atoms with Crippen molar-refractivity contribution in [2.75, 3.05) is 25.0 Å². The number of aromatic nitrogens is 1. The summed E-state index contributed by atoms with van der Waals surface area (Å²) in [6.07, 6.45) is 3.96. The predicted octanol–water partition coefficient (Wildman–Crippen LogP) is 2.18. The van der Waals surface area contributed by atoms with Crippen molar-refractivity contribution in [3.63, 3.8) is 0 Å². The van der Waals surface area contributed by atoms with Gasteiger partial charge in [-0.15, -0.1) is 0 Å². The van der Waals surface area contributed by atoms with Crippen molar-refractivity contribution in [1.82, 2.24) is 9.29 Å². The summed E-state index contributed by atoms with van der Waals surface area (Å²) in [5.74, 6) is 0.960. The summed E-state index contributed by atoms with van der Waals surface area (Å²) in [6.45, 7) is 8.10. The smallest absolute Gasteiger partial charge is 0.246 e. The summed E-state index contributed by atoms with van der Waals surface area (Å²) < 4.78 is 27.2. The zero-order valence-corrected chi connectivity index (χ0v) is 13.2. The molecule has 0 aromatic carbocycles. The van der Waals surface area contributed by atoms with Crippen LogP contribution in [0.25, 0.3) is 0 Å². The van der Waals surface area contributed by atoms with Gasteiger partial charge < -0.3 is 5.32 Å². The molecule has 1 aliphatic heterocycles. The van der Waals surface area contributed by atoms with Gasteiger partial charge in [0.05, 0.1) is 5.69 Å². The Kier molecular flexibility index (Phi) is 4.65. The minimum atomic E-state index is -3.46. The highest BCUT2D eigenvalue weighted by Crippen LogP contribution is 2.29. The molecule has 2 rings (SSSR count). The molecule has 20 heavy (non-hydrogen) atoms. The van der Waals surface area contributed by atoms with Crippen LogP contribution < -0.4 is 5.32 Å². The number of anilines is 1. The fraction of sp³-hybridized carbons (Fsp3) is 0.643. The van der Waals surface area contributed by atoms with Gasteiger partial charge in [-0.05, 0) is 31.2 Å². The van der Waals surface area contributed by atoms with Gasteiger partial charge in [-0.1, -0.05) is 13.8 Å². The van der Waals surface area contributed by atoms with Crippen LogP contribution in [-0.4, -0.2) is 37.3 Å². The molecule has 0 saturated carbocycles. The summed E-state index contributed by atoms with van der Waals surface area (Å²) in [5.41, 5.74) is 0.633. The Balaban J connectivity index is 2.31. The predicted molar refractivity (Wildman–Crippen MR) is 80.1 cm³/mol. The number of pyridine rings is 1. The lowest BCUT2D eigenvalue weighted by Gasteiger charge is -2.34. The second kappa shape index (κ2) is 6.10. The lowest BCUT2D eigenvalue weighted by atomic mass is 9.90. The average Bonchev–Trinajstić information content (AvgIpc) is 2.42.